The number of fused-ring (bicyclic) bond motifs is 5. The molecule has 9 atom stereocenters. The summed E-state index contributed by atoms with van der Waals surface area (Å²) in [6, 6.07) is 0. The quantitative estimate of drug-likeness (QED) is 0.616. The standard InChI is InChI=1S/C24H40O2/c1-16(7-12-22(25)26)19-10-11-20-18-9-8-17-6-4-5-14-23(17,2)21(18)13-15-24(19,20)3/h16-21H,4-15H2,1-3H3,(H,25,26)/t16-,17?,18+,19-,20+,21+,23+,24-/m1/s1/i7D,12D2/t7?,16-,17?,18+,19-,20+,21+,23+,24-. The Hall–Kier alpha value is -0.530. The van der Waals surface area contributed by atoms with Crippen LogP contribution in [0, 0.1) is 46.3 Å². The summed E-state index contributed by atoms with van der Waals surface area (Å²) in [5, 5.41) is 9.30. The fourth-order valence-corrected chi connectivity index (χ4v) is 8.52. The second-order valence-corrected chi connectivity index (χ2v) is 10.6. The van der Waals surface area contributed by atoms with Crippen molar-refractivity contribution < 1.29 is 14.0 Å². The van der Waals surface area contributed by atoms with Gasteiger partial charge >= 0.3 is 5.97 Å². The molecule has 2 heteroatoms. The maximum Gasteiger partial charge on any atom is 0.303 e. The van der Waals surface area contributed by atoms with E-state index in [4.69, 9.17) is 4.11 Å². The molecule has 0 aromatic carbocycles. The van der Waals surface area contributed by atoms with Gasteiger partial charge in [-0.3, -0.25) is 4.79 Å². The number of aliphatic carboxylic acids is 1. The van der Waals surface area contributed by atoms with Crippen molar-refractivity contribution >= 4 is 5.97 Å². The summed E-state index contributed by atoms with van der Waals surface area (Å²) in [6.07, 6.45) is 9.37. The molecule has 0 radical (unpaired) electrons. The molecule has 1 N–H and O–H groups in total. The smallest absolute Gasteiger partial charge is 0.303 e. The maximum atomic E-state index is 11.4. The maximum absolute atomic E-state index is 11.4. The average molecular weight is 364 g/mol. The highest BCUT2D eigenvalue weighted by molar-refractivity contribution is 5.66. The van der Waals surface area contributed by atoms with Gasteiger partial charge in [-0.25, -0.2) is 0 Å². The van der Waals surface area contributed by atoms with E-state index in [0.717, 1.165) is 24.2 Å². The Bertz CT molecular complexity index is 652. The first-order chi connectivity index (χ1) is 13.5. The third-order valence-electron chi connectivity index (χ3n) is 9.76. The largest absolute Gasteiger partial charge is 0.481 e. The van der Waals surface area contributed by atoms with Crippen LogP contribution >= 0.6 is 0 Å². The zero-order valence-corrected chi connectivity index (χ0v) is 17.0. The van der Waals surface area contributed by atoms with Gasteiger partial charge in [0.1, 0.15) is 0 Å². The molecule has 0 aliphatic heterocycles. The van der Waals surface area contributed by atoms with Gasteiger partial charge in [-0.2, -0.15) is 0 Å². The minimum atomic E-state index is -2.47. The lowest BCUT2D eigenvalue weighted by molar-refractivity contribution is -0.137. The van der Waals surface area contributed by atoms with Crippen molar-refractivity contribution in [3.8, 4) is 0 Å². The molecule has 0 heterocycles. The summed E-state index contributed by atoms with van der Waals surface area (Å²) in [5.74, 6) is 1.76. The molecule has 0 spiro atoms. The molecule has 26 heavy (non-hydrogen) atoms. The Balaban J connectivity index is 1.56. The van der Waals surface area contributed by atoms with E-state index in [9.17, 15) is 9.90 Å². The summed E-state index contributed by atoms with van der Waals surface area (Å²) in [7, 11) is 0. The van der Waals surface area contributed by atoms with Crippen molar-refractivity contribution in [1.82, 2.24) is 0 Å². The lowest BCUT2D eigenvalue weighted by Gasteiger charge is -2.61. The van der Waals surface area contributed by atoms with Crippen molar-refractivity contribution in [3.05, 3.63) is 0 Å². The van der Waals surface area contributed by atoms with Gasteiger partial charge in [0.25, 0.3) is 0 Å². The number of carbonyl (C=O) groups is 1. The Kier molecular flexibility index (Phi) is 4.04. The molecule has 0 amide bonds. The van der Waals surface area contributed by atoms with Gasteiger partial charge in [-0.05, 0) is 104 Å². The zero-order chi connectivity index (χ0) is 21.2. The predicted molar refractivity (Wildman–Crippen MR) is 106 cm³/mol. The van der Waals surface area contributed by atoms with E-state index >= 15 is 0 Å². The van der Waals surface area contributed by atoms with Crippen LogP contribution in [-0.4, -0.2) is 11.1 Å². The van der Waals surface area contributed by atoms with Crippen LogP contribution in [0.1, 0.15) is 102 Å². The summed E-state index contributed by atoms with van der Waals surface area (Å²) < 4.78 is 24.3. The normalized spacial score (nSPS) is 52.4. The monoisotopic (exact) mass is 363 g/mol. The highest BCUT2D eigenvalue weighted by Crippen LogP contribution is 2.68. The van der Waals surface area contributed by atoms with Crippen molar-refractivity contribution in [3.63, 3.8) is 0 Å². The minimum Gasteiger partial charge on any atom is -0.481 e. The molecule has 4 rings (SSSR count). The minimum absolute atomic E-state index is 0.145. The molecule has 4 aliphatic carbocycles. The summed E-state index contributed by atoms with van der Waals surface area (Å²) in [6.45, 7) is 6.94. The van der Waals surface area contributed by atoms with Crippen LogP contribution in [0.15, 0.2) is 0 Å². The Morgan fingerprint density at radius 2 is 1.81 bits per heavy atom. The molecular weight excluding hydrogens is 320 g/mol. The van der Waals surface area contributed by atoms with Gasteiger partial charge in [-0.1, -0.05) is 33.6 Å². The van der Waals surface area contributed by atoms with Crippen molar-refractivity contribution in [2.75, 3.05) is 0 Å². The van der Waals surface area contributed by atoms with Crippen LogP contribution in [0.25, 0.3) is 0 Å². The molecule has 0 aromatic rings. The van der Waals surface area contributed by atoms with E-state index in [-0.39, 0.29) is 17.3 Å². The van der Waals surface area contributed by atoms with E-state index < -0.39 is 18.7 Å². The molecule has 0 aromatic heterocycles. The Morgan fingerprint density at radius 3 is 2.58 bits per heavy atom. The highest BCUT2D eigenvalue weighted by atomic mass is 16.4. The predicted octanol–water partition coefficient (Wildman–Crippen LogP) is 6.54. The topological polar surface area (TPSA) is 37.3 Å². The van der Waals surface area contributed by atoms with Crippen LogP contribution in [-0.2, 0) is 4.79 Å². The molecule has 4 aliphatic rings. The number of carboxylic acids is 1. The van der Waals surface area contributed by atoms with Crippen LogP contribution in [0.2, 0.25) is 0 Å². The van der Waals surface area contributed by atoms with E-state index in [0.29, 0.717) is 11.3 Å². The third-order valence-corrected chi connectivity index (χ3v) is 9.76. The first-order valence-corrected chi connectivity index (χ1v) is 11.2. The van der Waals surface area contributed by atoms with Gasteiger partial charge < -0.3 is 5.11 Å². The molecule has 0 bridgehead atoms. The van der Waals surface area contributed by atoms with Gasteiger partial charge in [0.15, 0.2) is 0 Å². The number of carboxylic acid groups (broad SMARTS) is 1. The lowest BCUT2D eigenvalue weighted by atomic mass is 9.44. The molecule has 4 saturated carbocycles. The number of rotatable bonds is 4. The molecule has 0 saturated heterocycles. The second kappa shape index (κ2) is 6.82. The highest BCUT2D eigenvalue weighted by Gasteiger charge is 2.60. The SMILES string of the molecule is [2H]C([C@@H](C)[C@H]1CC[C@H]2[C@@H]3CCC4CCCC[C@]4(C)[C@H]3CC[C@]12C)C([2H])([2H])C(=O)O. The van der Waals surface area contributed by atoms with Gasteiger partial charge in [0.2, 0.25) is 0 Å². The first kappa shape index (κ1) is 15.4. The van der Waals surface area contributed by atoms with E-state index in [1.54, 1.807) is 0 Å². The van der Waals surface area contributed by atoms with Gasteiger partial charge in [-0.15, -0.1) is 0 Å². The molecule has 2 nitrogen and oxygen atoms in total. The fraction of sp³-hybridized carbons (Fsp3) is 0.958. The van der Waals surface area contributed by atoms with Crippen molar-refractivity contribution in [1.29, 1.82) is 0 Å². The van der Waals surface area contributed by atoms with E-state index in [1.165, 1.54) is 57.8 Å². The van der Waals surface area contributed by atoms with Crippen LogP contribution in [0.4, 0.5) is 0 Å². The van der Waals surface area contributed by atoms with Crippen LogP contribution in [0.5, 0.6) is 0 Å². The van der Waals surface area contributed by atoms with Gasteiger partial charge in [0, 0.05) is 10.5 Å². The van der Waals surface area contributed by atoms with E-state index in [2.05, 4.69) is 13.8 Å². The molecule has 4 fully saturated rings. The lowest BCUT2D eigenvalue weighted by Crippen LogP contribution is -2.53. The second-order valence-electron chi connectivity index (χ2n) is 10.6. The first-order valence-electron chi connectivity index (χ1n) is 12.8. The van der Waals surface area contributed by atoms with Crippen molar-refractivity contribution in [2.24, 2.45) is 46.3 Å². The molecule has 148 valence electrons. The Labute approximate surface area is 164 Å². The van der Waals surface area contributed by atoms with Crippen LogP contribution < -0.4 is 0 Å². The zero-order valence-electron chi connectivity index (χ0n) is 20.0. The fourth-order valence-electron chi connectivity index (χ4n) is 8.52. The molecule has 2 unspecified atom stereocenters. The molecular formula is C24H40O2. The van der Waals surface area contributed by atoms with Gasteiger partial charge in [0.05, 0.1) is 0 Å². The van der Waals surface area contributed by atoms with E-state index in [1.807, 2.05) is 6.92 Å². The third kappa shape index (κ3) is 2.85. The summed E-state index contributed by atoms with van der Waals surface area (Å²) in [5.41, 5.74) is 0.664. The van der Waals surface area contributed by atoms with Crippen LogP contribution in [0.3, 0.4) is 0 Å². The Morgan fingerprint density at radius 1 is 1.04 bits per heavy atom. The average Bonchev–Trinajstić information content (AvgIpc) is 3.03. The number of hydrogen-bond donors (Lipinski definition) is 1. The van der Waals surface area contributed by atoms with Crippen molar-refractivity contribution in [2.45, 2.75) is 97.7 Å². The summed E-state index contributed by atoms with van der Waals surface area (Å²) >= 11 is 0. The number of hydrogen-bond acceptors (Lipinski definition) is 1. The summed E-state index contributed by atoms with van der Waals surface area (Å²) in [4.78, 5) is 11.4.